The van der Waals surface area contributed by atoms with Gasteiger partial charge in [-0.25, -0.2) is 0 Å². The van der Waals surface area contributed by atoms with E-state index >= 15 is 0 Å². The minimum Gasteiger partial charge on any atom is -0.503 e. The molecule has 1 aromatic heterocycles. The first kappa shape index (κ1) is 20.4. The Bertz CT molecular complexity index is 973. The van der Waals surface area contributed by atoms with E-state index in [1.807, 2.05) is 0 Å². The lowest BCUT2D eigenvalue weighted by molar-refractivity contribution is -0.129. The largest absolute Gasteiger partial charge is 0.503 e. The standard InChI is InChI=1S/C23H23ClN2O4/c24-17-7-5-16(6-8-17)21-20(19(27)10-9-18-4-3-15-30-18)22(28)23(29)26(21)14-13-25-11-1-2-12-25/h3-10,15,21,28H,1-2,11-14H2/b10-9+. The van der Waals surface area contributed by atoms with Gasteiger partial charge in [0.15, 0.2) is 11.5 Å². The maximum atomic E-state index is 13.0. The van der Waals surface area contributed by atoms with Crippen LogP contribution >= 0.6 is 11.6 Å². The molecule has 1 N–H and O–H groups in total. The van der Waals surface area contributed by atoms with E-state index in [9.17, 15) is 14.7 Å². The van der Waals surface area contributed by atoms with Crippen LogP contribution in [0.1, 0.15) is 30.2 Å². The smallest absolute Gasteiger partial charge is 0.290 e. The number of carbonyl (C=O) groups is 2. The number of amides is 1. The van der Waals surface area contributed by atoms with Gasteiger partial charge in [-0.2, -0.15) is 0 Å². The Kier molecular flexibility index (Phi) is 6.06. The Morgan fingerprint density at radius 1 is 1.17 bits per heavy atom. The van der Waals surface area contributed by atoms with Crippen LogP contribution in [0.5, 0.6) is 0 Å². The van der Waals surface area contributed by atoms with Crippen LogP contribution in [0.4, 0.5) is 0 Å². The first-order chi connectivity index (χ1) is 14.5. The molecule has 156 valence electrons. The molecule has 30 heavy (non-hydrogen) atoms. The van der Waals surface area contributed by atoms with Crippen molar-refractivity contribution >= 4 is 29.4 Å². The minimum atomic E-state index is -0.661. The summed E-state index contributed by atoms with van der Waals surface area (Å²) in [5.74, 6) is -0.933. The van der Waals surface area contributed by atoms with Crippen molar-refractivity contribution < 1.29 is 19.1 Å². The van der Waals surface area contributed by atoms with Crippen LogP contribution in [-0.2, 0) is 9.59 Å². The Hall–Kier alpha value is -2.83. The van der Waals surface area contributed by atoms with Gasteiger partial charge in [-0.3, -0.25) is 9.59 Å². The second-order valence-corrected chi connectivity index (χ2v) is 7.91. The van der Waals surface area contributed by atoms with Crippen molar-refractivity contribution in [2.75, 3.05) is 26.2 Å². The van der Waals surface area contributed by atoms with Gasteiger partial charge in [0.05, 0.1) is 17.9 Å². The molecular weight excluding hydrogens is 404 g/mol. The second kappa shape index (κ2) is 8.90. The SMILES string of the molecule is O=C(/C=C/c1ccco1)C1=C(O)C(=O)N(CCN2CCCC2)C1c1ccc(Cl)cc1. The maximum Gasteiger partial charge on any atom is 0.290 e. The number of hydrogen-bond acceptors (Lipinski definition) is 5. The Labute approximate surface area is 180 Å². The van der Waals surface area contributed by atoms with E-state index in [0.29, 0.717) is 23.9 Å². The van der Waals surface area contributed by atoms with Crippen molar-refractivity contribution in [3.8, 4) is 0 Å². The van der Waals surface area contributed by atoms with E-state index in [4.69, 9.17) is 16.0 Å². The summed E-state index contributed by atoms with van der Waals surface area (Å²) in [6.07, 6.45) is 6.67. The minimum absolute atomic E-state index is 0.0755. The highest BCUT2D eigenvalue weighted by molar-refractivity contribution is 6.30. The molecule has 2 aromatic rings. The van der Waals surface area contributed by atoms with Crippen LogP contribution in [0.3, 0.4) is 0 Å². The van der Waals surface area contributed by atoms with Crippen molar-refractivity contribution in [1.82, 2.24) is 9.80 Å². The number of carbonyl (C=O) groups excluding carboxylic acids is 2. The molecule has 0 aliphatic carbocycles. The molecule has 1 saturated heterocycles. The van der Waals surface area contributed by atoms with Gasteiger partial charge in [-0.15, -0.1) is 0 Å². The molecule has 1 atom stereocenters. The van der Waals surface area contributed by atoms with Crippen LogP contribution in [0.2, 0.25) is 5.02 Å². The molecular formula is C23H23ClN2O4. The van der Waals surface area contributed by atoms with Gasteiger partial charge in [0.25, 0.3) is 5.91 Å². The highest BCUT2D eigenvalue weighted by atomic mass is 35.5. The van der Waals surface area contributed by atoms with Crippen LogP contribution in [0.15, 0.2) is 64.5 Å². The van der Waals surface area contributed by atoms with E-state index in [-0.39, 0.29) is 5.57 Å². The summed E-state index contributed by atoms with van der Waals surface area (Å²) in [4.78, 5) is 29.7. The fourth-order valence-corrected chi connectivity index (χ4v) is 4.14. The van der Waals surface area contributed by atoms with Crippen LogP contribution in [0.25, 0.3) is 6.08 Å². The Morgan fingerprint density at radius 2 is 1.90 bits per heavy atom. The first-order valence-corrected chi connectivity index (χ1v) is 10.4. The van der Waals surface area contributed by atoms with Crippen molar-refractivity contribution in [2.24, 2.45) is 0 Å². The number of rotatable bonds is 7. The predicted molar refractivity (Wildman–Crippen MR) is 114 cm³/mol. The van der Waals surface area contributed by atoms with Gasteiger partial charge < -0.3 is 19.3 Å². The Balaban J connectivity index is 1.63. The highest BCUT2D eigenvalue weighted by Gasteiger charge is 2.42. The molecule has 2 aliphatic rings. The summed E-state index contributed by atoms with van der Waals surface area (Å²) >= 11 is 6.03. The van der Waals surface area contributed by atoms with Crippen LogP contribution in [-0.4, -0.2) is 52.8 Å². The van der Waals surface area contributed by atoms with Crippen molar-refractivity contribution in [1.29, 1.82) is 0 Å². The Morgan fingerprint density at radius 3 is 2.57 bits per heavy atom. The number of furan rings is 1. The van der Waals surface area contributed by atoms with Gasteiger partial charge in [-0.05, 0) is 67.9 Å². The molecule has 0 radical (unpaired) electrons. The third-order valence-corrected chi connectivity index (χ3v) is 5.80. The number of likely N-dealkylation sites (tertiary alicyclic amines) is 1. The average Bonchev–Trinajstić information content (AvgIpc) is 3.49. The molecule has 2 aliphatic heterocycles. The summed E-state index contributed by atoms with van der Waals surface area (Å²) < 4.78 is 5.22. The van der Waals surface area contributed by atoms with Crippen molar-refractivity contribution in [2.45, 2.75) is 18.9 Å². The number of nitrogens with zero attached hydrogens (tertiary/aromatic N) is 2. The van der Waals surface area contributed by atoms with Gasteiger partial charge in [0.1, 0.15) is 5.76 Å². The summed E-state index contributed by atoms with van der Waals surface area (Å²) in [7, 11) is 0. The average molecular weight is 427 g/mol. The molecule has 3 heterocycles. The number of benzene rings is 1. The van der Waals surface area contributed by atoms with Gasteiger partial charge >= 0.3 is 0 Å². The number of allylic oxidation sites excluding steroid dienone is 1. The number of halogens is 1. The van der Waals surface area contributed by atoms with E-state index in [1.165, 1.54) is 18.4 Å². The third-order valence-electron chi connectivity index (χ3n) is 5.55. The fraction of sp³-hybridized carbons (Fsp3) is 0.304. The normalized spacial score (nSPS) is 20.1. The lowest BCUT2D eigenvalue weighted by Crippen LogP contribution is -2.37. The fourth-order valence-electron chi connectivity index (χ4n) is 4.02. The summed E-state index contributed by atoms with van der Waals surface area (Å²) in [6, 6.07) is 9.78. The molecule has 6 nitrogen and oxygen atoms in total. The number of hydrogen-bond donors (Lipinski definition) is 1. The summed E-state index contributed by atoms with van der Waals surface area (Å²) in [5.41, 5.74) is 0.805. The topological polar surface area (TPSA) is 74.0 Å². The zero-order chi connectivity index (χ0) is 21.1. The predicted octanol–water partition coefficient (Wildman–Crippen LogP) is 4.01. The van der Waals surface area contributed by atoms with E-state index in [0.717, 1.165) is 31.5 Å². The number of aliphatic hydroxyl groups excluding tert-OH is 1. The van der Waals surface area contributed by atoms with E-state index in [2.05, 4.69) is 4.90 Å². The van der Waals surface area contributed by atoms with Gasteiger partial charge in [0.2, 0.25) is 0 Å². The molecule has 1 fully saturated rings. The monoisotopic (exact) mass is 426 g/mol. The van der Waals surface area contributed by atoms with E-state index < -0.39 is 23.5 Å². The number of ketones is 1. The molecule has 1 aromatic carbocycles. The van der Waals surface area contributed by atoms with E-state index in [1.54, 1.807) is 41.3 Å². The zero-order valence-electron chi connectivity index (χ0n) is 16.5. The second-order valence-electron chi connectivity index (χ2n) is 7.48. The first-order valence-electron chi connectivity index (χ1n) is 10.0. The summed E-state index contributed by atoms with van der Waals surface area (Å²) in [5, 5.41) is 11.2. The molecule has 1 amide bonds. The lowest BCUT2D eigenvalue weighted by atomic mass is 9.96. The molecule has 0 bridgehead atoms. The lowest BCUT2D eigenvalue weighted by Gasteiger charge is -2.28. The third kappa shape index (κ3) is 4.20. The van der Waals surface area contributed by atoms with Crippen LogP contribution in [0, 0.1) is 0 Å². The highest BCUT2D eigenvalue weighted by Crippen LogP contribution is 2.38. The maximum absolute atomic E-state index is 13.0. The number of aliphatic hydroxyl groups is 1. The molecule has 7 heteroatoms. The van der Waals surface area contributed by atoms with Crippen LogP contribution < -0.4 is 0 Å². The van der Waals surface area contributed by atoms with Gasteiger partial charge in [0, 0.05) is 18.1 Å². The molecule has 0 spiro atoms. The summed E-state index contributed by atoms with van der Waals surface area (Å²) in [6.45, 7) is 3.14. The van der Waals surface area contributed by atoms with Crippen molar-refractivity contribution in [3.63, 3.8) is 0 Å². The zero-order valence-corrected chi connectivity index (χ0v) is 17.2. The molecule has 0 saturated carbocycles. The quantitative estimate of drug-likeness (QED) is 0.677. The molecule has 1 unspecified atom stereocenters. The molecule has 4 rings (SSSR count). The van der Waals surface area contributed by atoms with Crippen molar-refractivity contribution in [3.05, 3.63) is 76.4 Å². The van der Waals surface area contributed by atoms with Gasteiger partial charge in [-0.1, -0.05) is 23.7 Å².